The maximum atomic E-state index is 4.04. The third-order valence-corrected chi connectivity index (χ3v) is 2.48. The van der Waals surface area contributed by atoms with Gasteiger partial charge in [0.1, 0.15) is 12.7 Å². The maximum Gasteiger partial charge on any atom is 0.137 e. The van der Waals surface area contributed by atoms with Crippen LogP contribution in [0.2, 0.25) is 0 Å². The van der Waals surface area contributed by atoms with E-state index in [1.807, 2.05) is 4.68 Å². The van der Waals surface area contributed by atoms with E-state index in [0.717, 1.165) is 39.3 Å². The van der Waals surface area contributed by atoms with Crippen molar-refractivity contribution in [2.24, 2.45) is 0 Å². The number of nitrogens with zero attached hydrogens (tertiary/aromatic N) is 4. The molecule has 5 nitrogen and oxygen atoms in total. The van der Waals surface area contributed by atoms with Crippen molar-refractivity contribution in [1.29, 1.82) is 0 Å². The highest BCUT2D eigenvalue weighted by Gasteiger charge is 1.97. The molecule has 1 aromatic heterocycles. The maximum absolute atomic E-state index is 4.04. The van der Waals surface area contributed by atoms with Crippen LogP contribution >= 0.6 is 0 Å². The molecule has 15 heavy (non-hydrogen) atoms. The van der Waals surface area contributed by atoms with Gasteiger partial charge in [0.05, 0.1) is 6.54 Å². The fraction of sp³-hybridized carbons (Fsp3) is 0.800. The summed E-state index contributed by atoms with van der Waals surface area (Å²) >= 11 is 0. The highest BCUT2D eigenvalue weighted by Crippen LogP contribution is 1.84. The van der Waals surface area contributed by atoms with Crippen LogP contribution in [0.3, 0.4) is 0 Å². The molecule has 1 aromatic rings. The lowest BCUT2D eigenvalue weighted by Crippen LogP contribution is -2.33. The zero-order valence-corrected chi connectivity index (χ0v) is 9.69. The Morgan fingerprint density at radius 1 is 1.27 bits per heavy atom. The van der Waals surface area contributed by atoms with Crippen LogP contribution in [-0.4, -0.2) is 52.4 Å². The number of aromatic nitrogens is 3. The molecular weight excluding hydrogens is 190 g/mol. The van der Waals surface area contributed by atoms with Crippen molar-refractivity contribution in [3.8, 4) is 0 Å². The van der Waals surface area contributed by atoms with Crippen molar-refractivity contribution >= 4 is 0 Å². The minimum absolute atomic E-state index is 0.887. The standard InChI is InChI=1S/C10H21N5/c1-3-14(4-2)7-5-11-6-8-15-10-12-9-13-15/h9-11H,3-8H2,1-2H3. The lowest BCUT2D eigenvalue weighted by molar-refractivity contribution is 0.301. The summed E-state index contributed by atoms with van der Waals surface area (Å²) in [7, 11) is 0. The molecular formula is C10H21N5. The van der Waals surface area contributed by atoms with Crippen LogP contribution in [0.1, 0.15) is 13.8 Å². The van der Waals surface area contributed by atoms with Gasteiger partial charge in [0, 0.05) is 19.6 Å². The van der Waals surface area contributed by atoms with Gasteiger partial charge in [0.2, 0.25) is 0 Å². The highest BCUT2D eigenvalue weighted by atomic mass is 15.3. The highest BCUT2D eigenvalue weighted by molar-refractivity contribution is 4.59. The molecule has 0 radical (unpaired) electrons. The first-order chi connectivity index (χ1) is 7.36. The van der Waals surface area contributed by atoms with Gasteiger partial charge in [-0.1, -0.05) is 13.8 Å². The van der Waals surface area contributed by atoms with Gasteiger partial charge in [0.15, 0.2) is 0 Å². The molecule has 1 N–H and O–H groups in total. The Bertz CT molecular complexity index is 230. The molecule has 0 spiro atoms. The Morgan fingerprint density at radius 2 is 2.07 bits per heavy atom. The second-order valence-electron chi connectivity index (χ2n) is 3.44. The Hall–Kier alpha value is -0.940. The number of hydrogen-bond acceptors (Lipinski definition) is 4. The third-order valence-electron chi connectivity index (χ3n) is 2.48. The predicted octanol–water partition coefficient (Wildman–Crippen LogP) is 0.210. The van der Waals surface area contributed by atoms with Crippen molar-refractivity contribution in [2.75, 3.05) is 32.7 Å². The molecule has 86 valence electrons. The summed E-state index contributed by atoms with van der Waals surface area (Å²) in [5.74, 6) is 0. The molecule has 0 fully saturated rings. The summed E-state index contributed by atoms with van der Waals surface area (Å²) in [6, 6.07) is 0. The fourth-order valence-electron chi connectivity index (χ4n) is 1.44. The van der Waals surface area contributed by atoms with Crippen molar-refractivity contribution < 1.29 is 0 Å². The van der Waals surface area contributed by atoms with E-state index in [9.17, 15) is 0 Å². The van der Waals surface area contributed by atoms with E-state index in [4.69, 9.17) is 0 Å². The first-order valence-electron chi connectivity index (χ1n) is 5.62. The first kappa shape index (κ1) is 12.1. The van der Waals surface area contributed by atoms with Gasteiger partial charge in [-0.3, -0.25) is 4.68 Å². The van der Waals surface area contributed by atoms with E-state index in [1.54, 1.807) is 12.7 Å². The van der Waals surface area contributed by atoms with Gasteiger partial charge in [-0.25, -0.2) is 4.98 Å². The summed E-state index contributed by atoms with van der Waals surface area (Å²) in [6.45, 7) is 10.6. The summed E-state index contributed by atoms with van der Waals surface area (Å²) in [6.07, 6.45) is 3.31. The largest absolute Gasteiger partial charge is 0.314 e. The normalized spacial score (nSPS) is 11.1. The Kier molecular flexibility index (Phi) is 5.96. The predicted molar refractivity (Wildman–Crippen MR) is 60.7 cm³/mol. The minimum atomic E-state index is 0.887. The smallest absolute Gasteiger partial charge is 0.137 e. The molecule has 1 rings (SSSR count). The summed E-state index contributed by atoms with van der Waals surface area (Å²) < 4.78 is 1.84. The van der Waals surface area contributed by atoms with E-state index in [-0.39, 0.29) is 0 Å². The van der Waals surface area contributed by atoms with Gasteiger partial charge in [-0.15, -0.1) is 0 Å². The molecule has 0 saturated heterocycles. The number of hydrogen-bond donors (Lipinski definition) is 1. The van der Waals surface area contributed by atoms with Crippen LogP contribution in [0, 0.1) is 0 Å². The monoisotopic (exact) mass is 211 g/mol. The second kappa shape index (κ2) is 7.36. The molecule has 0 saturated carbocycles. The first-order valence-corrected chi connectivity index (χ1v) is 5.62. The van der Waals surface area contributed by atoms with Crippen molar-refractivity contribution in [3.63, 3.8) is 0 Å². The average Bonchev–Trinajstić information content (AvgIpc) is 2.76. The van der Waals surface area contributed by atoms with Gasteiger partial charge < -0.3 is 10.2 Å². The van der Waals surface area contributed by atoms with Crippen molar-refractivity contribution in [1.82, 2.24) is 25.0 Å². The van der Waals surface area contributed by atoms with Crippen molar-refractivity contribution in [3.05, 3.63) is 12.7 Å². The van der Waals surface area contributed by atoms with Gasteiger partial charge in [-0.05, 0) is 13.1 Å². The summed E-state index contributed by atoms with van der Waals surface area (Å²) in [4.78, 5) is 6.30. The molecule has 0 unspecified atom stereocenters. The van der Waals surface area contributed by atoms with E-state index in [2.05, 4.69) is 34.1 Å². The summed E-state index contributed by atoms with van der Waals surface area (Å²) in [5, 5.41) is 7.43. The molecule has 5 heteroatoms. The molecule has 0 aromatic carbocycles. The number of likely N-dealkylation sites (N-methyl/N-ethyl adjacent to an activating group) is 1. The van der Waals surface area contributed by atoms with E-state index in [0.29, 0.717) is 0 Å². The third kappa shape index (κ3) is 4.90. The SMILES string of the molecule is CCN(CC)CCNCCn1cncn1. The Labute approximate surface area is 91.5 Å². The molecule has 0 aliphatic heterocycles. The number of rotatable bonds is 8. The summed E-state index contributed by atoms with van der Waals surface area (Å²) in [5.41, 5.74) is 0. The number of nitrogens with one attached hydrogen (secondary N) is 1. The topological polar surface area (TPSA) is 46.0 Å². The van der Waals surface area contributed by atoms with Crippen LogP contribution in [-0.2, 0) is 6.54 Å². The van der Waals surface area contributed by atoms with Gasteiger partial charge in [0.25, 0.3) is 0 Å². The molecule has 1 heterocycles. The molecule has 0 amide bonds. The van der Waals surface area contributed by atoms with Crippen LogP contribution in [0.15, 0.2) is 12.7 Å². The second-order valence-corrected chi connectivity index (χ2v) is 3.44. The molecule has 0 aliphatic rings. The lowest BCUT2D eigenvalue weighted by atomic mass is 10.4. The van der Waals surface area contributed by atoms with E-state index < -0.39 is 0 Å². The van der Waals surface area contributed by atoms with Crippen LogP contribution < -0.4 is 5.32 Å². The van der Waals surface area contributed by atoms with Gasteiger partial charge in [-0.2, -0.15) is 5.10 Å². The lowest BCUT2D eigenvalue weighted by Gasteiger charge is -2.17. The zero-order chi connectivity index (χ0) is 10.9. The Morgan fingerprint density at radius 3 is 2.67 bits per heavy atom. The van der Waals surface area contributed by atoms with E-state index >= 15 is 0 Å². The van der Waals surface area contributed by atoms with Crippen LogP contribution in [0.25, 0.3) is 0 Å². The quantitative estimate of drug-likeness (QED) is 0.624. The van der Waals surface area contributed by atoms with E-state index in [1.165, 1.54) is 0 Å². The molecule has 0 bridgehead atoms. The zero-order valence-electron chi connectivity index (χ0n) is 9.69. The van der Waals surface area contributed by atoms with Crippen LogP contribution in [0.4, 0.5) is 0 Å². The average molecular weight is 211 g/mol. The molecule has 0 aliphatic carbocycles. The molecule has 0 atom stereocenters. The fourth-order valence-corrected chi connectivity index (χ4v) is 1.44. The van der Waals surface area contributed by atoms with Crippen molar-refractivity contribution in [2.45, 2.75) is 20.4 Å². The van der Waals surface area contributed by atoms with Crippen LogP contribution in [0.5, 0.6) is 0 Å². The Balaban J connectivity index is 1.97. The minimum Gasteiger partial charge on any atom is -0.314 e. The van der Waals surface area contributed by atoms with Gasteiger partial charge >= 0.3 is 0 Å².